The second-order valence-electron chi connectivity index (χ2n) is 9.93. The third-order valence-corrected chi connectivity index (χ3v) is 8.21. The smallest absolute Gasteiger partial charge is 0.417 e. The van der Waals surface area contributed by atoms with Gasteiger partial charge in [-0.15, -0.1) is 0 Å². The van der Waals surface area contributed by atoms with Gasteiger partial charge in [0.2, 0.25) is 0 Å². The molecule has 0 radical (unpaired) electrons. The van der Waals surface area contributed by atoms with Gasteiger partial charge in [-0.05, 0) is 54.7 Å². The molecule has 1 aromatic heterocycles. The molecule has 3 aromatic rings. The summed E-state index contributed by atoms with van der Waals surface area (Å²) in [6.45, 7) is 3.70. The van der Waals surface area contributed by atoms with Crippen LogP contribution in [0.1, 0.15) is 62.1 Å². The number of cyclic esters (lactones) is 1. The van der Waals surface area contributed by atoms with Crippen LogP contribution in [0.15, 0.2) is 89.5 Å². The highest BCUT2D eigenvalue weighted by molar-refractivity contribution is 7.92. The number of anilines is 1. The van der Waals surface area contributed by atoms with Gasteiger partial charge in [0.25, 0.3) is 21.8 Å². The van der Waals surface area contributed by atoms with E-state index in [1.165, 1.54) is 12.1 Å². The fourth-order valence-electron chi connectivity index (χ4n) is 4.88. The lowest BCUT2D eigenvalue weighted by molar-refractivity contribution is -0.244. The van der Waals surface area contributed by atoms with Crippen molar-refractivity contribution in [2.45, 2.75) is 68.9 Å². The normalized spacial score (nSPS) is 18.3. The first-order valence-corrected chi connectivity index (χ1v) is 14.9. The van der Waals surface area contributed by atoms with E-state index in [1.54, 1.807) is 19.1 Å². The second-order valence-corrected chi connectivity index (χ2v) is 11.6. The van der Waals surface area contributed by atoms with Crippen LogP contribution in [0.25, 0.3) is 0 Å². The minimum absolute atomic E-state index is 0.0843. The molecule has 0 saturated carbocycles. The average Bonchev–Trinajstić information content (AvgIpc) is 2.94. The number of carbonyl (C=O) groups is 1. The lowest BCUT2D eigenvalue weighted by Crippen LogP contribution is -2.43. The van der Waals surface area contributed by atoms with E-state index in [9.17, 15) is 31.5 Å². The number of esters is 1. The van der Waals surface area contributed by atoms with Crippen molar-refractivity contribution in [3.05, 3.63) is 101 Å². The quantitative estimate of drug-likeness (QED) is 0.230. The molecule has 8 nitrogen and oxygen atoms in total. The number of aryl methyl sites for hydroxylation is 1. The number of benzene rings is 2. The summed E-state index contributed by atoms with van der Waals surface area (Å²) in [5.41, 5.74) is 0.424. The standard InChI is InChI=1S/C30H31F3N2O6S/c1-3-16-29(17-15-20-9-6-5-7-10-20)40-27(36)26(28(37)41-29)24(4-2)21-11-8-12-23(18-21)35-42(38,39)25-14-13-22(19-34-25)30(31,32)33/h5-14,18-19,24,35-36H,3-4,15-17H2,1-2H3/t24-,29+/m1/s1. The number of hydrogen-bond donors (Lipinski definition) is 2. The lowest BCUT2D eigenvalue weighted by Gasteiger charge is -2.38. The van der Waals surface area contributed by atoms with Crippen molar-refractivity contribution in [3.63, 3.8) is 0 Å². The number of aliphatic hydroxyl groups is 1. The molecular formula is C30H31F3N2O6S. The fourth-order valence-corrected chi connectivity index (χ4v) is 5.86. The number of carbonyl (C=O) groups excluding carboxylic acids is 1. The molecule has 12 heteroatoms. The number of alkyl halides is 3. The second kappa shape index (κ2) is 12.4. The summed E-state index contributed by atoms with van der Waals surface area (Å²) in [7, 11) is -4.33. The van der Waals surface area contributed by atoms with E-state index >= 15 is 0 Å². The predicted octanol–water partition coefficient (Wildman–Crippen LogP) is 6.87. The molecule has 0 bridgehead atoms. The van der Waals surface area contributed by atoms with Gasteiger partial charge in [-0.3, -0.25) is 4.72 Å². The number of nitrogens with one attached hydrogen (secondary N) is 1. The molecule has 2 aromatic carbocycles. The van der Waals surface area contributed by atoms with Crippen molar-refractivity contribution < 1.29 is 41.0 Å². The third-order valence-electron chi connectivity index (χ3n) is 6.92. The van der Waals surface area contributed by atoms with E-state index in [4.69, 9.17) is 9.47 Å². The Kier molecular flexibility index (Phi) is 9.15. The SMILES string of the molecule is CCC[C@@]1(CCc2ccccc2)OC(=O)C([C@H](CC)c2cccc(NS(=O)(=O)c3ccc(C(F)(F)F)cn3)c2)=C(O)O1. The summed E-state index contributed by atoms with van der Waals surface area (Å²) < 4.78 is 78.2. The number of rotatable bonds is 11. The molecule has 2 N–H and O–H groups in total. The summed E-state index contributed by atoms with van der Waals surface area (Å²) >= 11 is 0. The molecule has 0 fully saturated rings. The van der Waals surface area contributed by atoms with E-state index in [0.717, 1.165) is 11.6 Å². The number of nitrogens with zero attached hydrogens (tertiary/aromatic N) is 1. The molecule has 0 amide bonds. The van der Waals surface area contributed by atoms with Crippen molar-refractivity contribution in [1.29, 1.82) is 0 Å². The van der Waals surface area contributed by atoms with Crippen molar-refractivity contribution in [2.75, 3.05) is 4.72 Å². The van der Waals surface area contributed by atoms with Crippen LogP contribution in [0, 0.1) is 0 Å². The van der Waals surface area contributed by atoms with Gasteiger partial charge in [0, 0.05) is 30.6 Å². The lowest BCUT2D eigenvalue weighted by atomic mass is 9.88. The van der Waals surface area contributed by atoms with Gasteiger partial charge in [-0.1, -0.05) is 56.3 Å². The van der Waals surface area contributed by atoms with E-state index in [2.05, 4.69) is 9.71 Å². The highest BCUT2D eigenvalue weighted by atomic mass is 32.2. The molecule has 0 unspecified atom stereocenters. The van der Waals surface area contributed by atoms with Crippen molar-refractivity contribution >= 4 is 21.7 Å². The van der Waals surface area contributed by atoms with Gasteiger partial charge < -0.3 is 14.6 Å². The van der Waals surface area contributed by atoms with Crippen LogP contribution in [0.3, 0.4) is 0 Å². The number of aromatic nitrogens is 1. The zero-order valence-corrected chi connectivity index (χ0v) is 23.8. The Bertz CT molecular complexity index is 1540. The molecule has 0 aliphatic carbocycles. The maximum atomic E-state index is 13.4. The molecule has 0 saturated heterocycles. The van der Waals surface area contributed by atoms with Gasteiger partial charge in [0.15, 0.2) is 5.03 Å². The Labute approximate surface area is 242 Å². The van der Waals surface area contributed by atoms with Crippen molar-refractivity contribution in [1.82, 2.24) is 4.98 Å². The number of hydrogen-bond acceptors (Lipinski definition) is 7. The van der Waals surface area contributed by atoms with Crippen LogP contribution in [-0.4, -0.2) is 30.3 Å². The summed E-state index contributed by atoms with van der Waals surface area (Å²) in [6.07, 6.45) is -1.98. The Balaban J connectivity index is 1.57. The number of aliphatic hydroxyl groups excluding tert-OH is 1. The molecule has 4 rings (SSSR count). The fraction of sp³-hybridized carbons (Fsp3) is 0.333. The Morgan fingerprint density at radius 2 is 1.74 bits per heavy atom. The van der Waals surface area contributed by atoms with Crippen LogP contribution in [0.5, 0.6) is 0 Å². The van der Waals surface area contributed by atoms with Gasteiger partial charge in [-0.25, -0.2) is 9.78 Å². The molecule has 1 aliphatic heterocycles. The molecule has 2 heterocycles. The van der Waals surface area contributed by atoms with E-state index < -0.39 is 50.4 Å². The zero-order valence-electron chi connectivity index (χ0n) is 23.0. The first-order valence-electron chi connectivity index (χ1n) is 13.4. The van der Waals surface area contributed by atoms with Crippen molar-refractivity contribution in [3.8, 4) is 0 Å². The Morgan fingerprint density at radius 3 is 2.33 bits per heavy atom. The van der Waals surface area contributed by atoms with E-state index in [1.807, 2.05) is 37.3 Å². The minimum Gasteiger partial charge on any atom is -0.480 e. The van der Waals surface area contributed by atoms with Crippen LogP contribution >= 0.6 is 0 Å². The molecule has 1 aliphatic rings. The summed E-state index contributed by atoms with van der Waals surface area (Å²) in [4.78, 5) is 16.8. The first kappa shape index (κ1) is 30.9. The predicted molar refractivity (Wildman–Crippen MR) is 149 cm³/mol. The summed E-state index contributed by atoms with van der Waals surface area (Å²) in [5.74, 6) is -3.31. The summed E-state index contributed by atoms with van der Waals surface area (Å²) in [5, 5.41) is 10.4. The third kappa shape index (κ3) is 7.04. The molecular weight excluding hydrogens is 573 g/mol. The minimum atomic E-state index is -4.66. The first-order chi connectivity index (χ1) is 19.9. The maximum absolute atomic E-state index is 13.4. The van der Waals surface area contributed by atoms with Gasteiger partial charge >= 0.3 is 12.1 Å². The number of pyridine rings is 1. The van der Waals surface area contributed by atoms with Gasteiger partial charge in [0.1, 0.15) is 5.57 Å². The zero-order chi connectivity index (χ0) is 30.5. The van der Waals surface area contributed by atoms with Crippen LogP contribution in [0.2, 0.25) is 0 Å². The molecule has 224 valence electrons. The van der Waals surface area contributed by atoms with Crippen LogP contribution in [-0.2, 0) is 36.9 Å². The highest BCUT2D eigenvalue weighted by Gasteiger charge is 2.45. The Hall–Kier alpha value is -4.06. The highest BCUT2D eigenvalue weighted by Crippen LogP contribution is 2.40. The maximum Gasteiger partial charge on any atom is 0.417 e. The number of halogens is 3. The molecule has 42 heavy (non-hydrogen) atoms. The monoisotopic (exact) mass is 604 g/mol. The molecule has 2 atom stereocenters. The van der Waals surface area contributed by atoms with Crippen molar-refractivity contribution in [2.24, 2.45) is 0 Å². The van der Waals surface area contributed by atoms with E-state index in [-0.39, 0.29) is 11.3 Å². The number of ether oxygens (including phenoxy) is 2. The van der Waals surface area contributed by atoms with E-state index in [0.29, 0.717) is 49.9 Å². The van der Waals surface area contributed by atoms with Crippen LogP contribution in [0.4, 0.5) is 18.9 Å². The number of sulfonamides is 1. The van der Waals surface area contributed by atoms with Gasteiger partial charge in [0.05, 0.1) is 5.56 Å². The summed E-state index contributed by atoms with van der Waals surface area (Å²) in [6, 6.07) is 17.1. The van der Waals surface area contributed by atoms with Gasteiger partial charge in [-0.2, -0.15) is 21.6 Å². The van der Waals surface area contributed by atoms with Crippen LogP contribution < -0.4 is 4.72 Å². The topological polar surface area (TPSA) is 115 Å². The Morgan fingerprint density at radius 1 is 1.00 bits per heavy atom. The molecule has 0 spiro atoms. The average molecular weight is 605 g/mol. The largest absolute Gasteiger partial charge is 0.480 e.